The zero-order valence-electron chi connectivity index (χ0n) is 12.0. The van der Waals surface area contributed by atoms with E-state index in [-0.39, 0.29) is 0 Å². The minimum atomic E-state index is -0.665. The van der Waals surface area contributed by atoms with Crippen molar-refractivity contribution in [2.45, 2.75) is 0 Å². The van der Waals surface area contributed by atoms with Crippen LogP contribution in [-0.2, 0) is 9.47 Å². The van der Waals surface area contributed by atoms with Crippen molar-refractivity contribution in [3.05, 3.63) is 47.7 Å². The Bertz CT molecular complexity index is 688. The molecule has 0 bridgehead atoms. The summed E-state index contributed by atoms with van der Waals surface area (Å²) in [6, 6.07) is 10.3. The maximum absolute atomic E-state index is 11.4. The molecule has 1 heterocycles. The van der Waals surface area contributed by atoms with E-state index < -0.39 is 12.1 Å². The number of esters is 1. The van der Waals surface area contributed by atoms with Gasteiger partial charge in [-0.3, -0.25) is 0 Å². The summed E-state index contributed by atoms with van der Waals surface area (Å²) in [5.41, 5.74) is 3.41. The third kappa shape index (κ3) is 3.72. The fourth-order valence-electron chi connectivity index (χ4n) is 1.66. The van der Waals surface area contributed by atoms with Gasteiger partial charge in [0.25, 0.3) is 0 Å². The molecular weight excluding hydrogens is 288 g/mol. The van der Waals surface area contributed by atoms with Crippen molar-refractivity contribution in [2.24, 2.45) is 5.10 Å². The van der Waals surface area contributed by atoms with Crippen molar-refractivity contribution in [1.82, 2.24) is 5.43 Å². The van der Waals surface area contributed by atoms with Gasteiger partial charge in [0.15, 0.2) is 0 Å². The number of ether oxygens (including phenoxy) is 2. The maximum atomic E-state index is 11.4. The normalized spacial score (nSPS) is 10.5. The van der Waals surface area contributed by atoms with Crippen molar-refractivity contribution < 1.29 is 23.5 Å². The summed E-state index contributed by atoms with van der Waals surface area (Å²) in [5.74, 6) is 0.673. The second kappa shape index (κ2) is 7.07. The van der Waals surface area contributed by atoms with Crippen LogP contribution in [0.25, 0.3) is 11.3 Å². The van der Waals surface area contributed by atoms with Gasteiger partial charge in [0, 0.05) is 5.56 Å². The zero-order chi connectivity index (χ0) is 15.9. The quantitative estimate of drug-likeness (QED) is 0.532. The topological polar surface area (TPSA) is 90.1 Å². The summed E-state index contributed by atoms with van der Waals surface area (Å²) in [4.78, 5) is 22.2. The first-order valence-electron chi connectivity index (χ1n) is 6.29. The Hall–Kier alpha value is -3.09. The van der Waals surface area contributed by atoms with Gasteiger partial charge in [-0.15, -0.1) is 0 Å². The van der Waals surface area contributed by atoms with Gasteiger partial charge in [-0.2, -0.15) is 5.10 Å². The predicted octanol–water partition coefficient (Wildman–Crippen LogP) is 2.42. The predicted molar refractivity (Wildman–Crippen MR) is 78.6 cm³/mol. The Labute approximate surface area is 126 Å². The van der Waals surface area contributed by atoms with Crippen molar-refractivity contribution in [3.63, 3.8) is 0 Å². The molecule has 1 aromatic heterocycles. The van der Waals surface area contributed by atoms with Gasteiger partial charge >= 0.3 is 12.1 Å². The summed E-state index contributed by atoms with van der Waals surface area (Å²) in [6.45, 7) is 0. The summed E-state index contributed by atoms with van der Waals surface area (Å²) < 4.78 is 14.6. The Morgan fingerprint density at radius 2 is 1.82 bits per heavy atom. The van der Waals surface area contributed by atoms with Gasteiger partial charge in [-0.1, -0.05) is 12.1 Å². The summed E-state index contributed by atoms with van der Waals surface area (Å²) in [6.07, 6.45) is 0.685. The molecule has 0 aliphatic rings. The van der Waals surface area contributed by atoms with Crippen LogP contribution in [0.1, 0.15) is 16.1 Å². The molecule has 7 heteroatoms. The molecule has 0 unspecified atom stereocenters. The minimum absolute atomic E-state index is 0.396. The number of carbonyl (C=O) groups excluding carboxylic acids is 2. The Morgan fingerprint density at radius 1 is 1.09 bits per heavy atom. The molecule has 0 atom stereocenters. The molecule has 0 fully saturated rings. The van der Waals surface area contributed by atoms with Crippen LogP contribution in [0.2, 0.25) is 0 Å². The van der Waals surface area contributed by atoms with Crippen molar-refractivity contribution in [1.29, 1.82) is 0 Å². The van der Waals surface area contributed by atoms with Gasteiger partial charge in [0.1, 0.15) is 11.5 Å². The third-order valence-corrected chi connectivity index (χ3v) is 2.75. The molecule has 1 aromatic carbocycles. The average molecular weight is 302 g/mol. The van der Waals surface area contributed by atoms with E-state index in [4.69, 9.17) is 4.42 Å². The largest absolute Gasteiger partial charge is 0.465 e. The van der Waals surface area contributed by atoms with Gasteiger partial charge in [0.2, 0.25) is 0 Å². The van der Waals surface area contributed by atoms with E-state index >= 15 is 0 Å². The van der Waals surface area contributed by atoms with Crippen LogP contribution in [0.15, 0.2) is 45.9 Å². The van der Waals surface area contributed by atoms with Crippen LogP contribution in [0.3, 0.4) is 0 Å². The summed E-state index contributed by atoms with van der Waals surface area (Å²) >= 11 is 0. The number of hydrogen-bond acceptors (Lipinski definition) is 6. The molecule has 2 rings (SSSR count). The lowest BCUT2D eigenvalue weighted by Gasteiger charge is -2.00. The number of carbonyl (C=O) groups is 2. The van der Waals surface area contributed by atoms with Gasteiger partial charge in [-0.25, -0.2) is 15.0 Å². The number of nitrogens with zero attached hydrogens (tertiary/aromatic N) is 1. The molecule has 0 aliphatic carbocycles. The smallest absolute Gasteiger partial charge is 0.427 e. The molecular formula is C15H14N2O5. The number of rotatable bonds is 4. The van der Waals surface area contributed by atoms with E-state index in [1.165, 1.54) is 20.4 Å². The molecule has 7 nitrogen and oxygen atoms in total. The van der Waals surface area contributed by atoms with E-state index in [1.54, 1.807) is 36.4 Å². The molecule has 0 saturated heterocycles. The lowest BCUT2D eigenvalue weighted by Crippen LogP contribution is -2.16. The number of furan rings is 1. The molecule has 22 heavy (non-hydrogen) atoms. The number of amides is 1. The first kappa shape index (κ1) is 15.3. The molecule has 0 saturated carbocycles. The first-order valence-corrected chi connectivity index (χ1v) is 6.29. The van der Waals surface area contributed by atoms with E-state index in [9.17, 15) is 9.59 Å². The number of hydrogen-bond donors (Lipinski definition) is 1. The lowest BCUT2D eigenvalue weighted by atomic mass is 10.1. The standard InChI is InChI=1S/C15H14N2O5/c1-20-14(18)11-5-3-10(4-6-11)13-8-7-12(22-13)9-16-17-15(19)21-2/h3-9H,1-2H3,(H,17,19)/b16-9+. The molecule has 0 spiro atoms. The van der Waals surface area contributed by atoms with Crippen molar-refractivity contribution in [3.8, 4) is 11.3 Å². The molecule has 0 radical (unpaired) electrons. The minimum Gasteiger partial charge on any atom is -0.465 e. The Morgan fingerprint density at radius 3 is 2.45 bits per heavy atom. The fraction of sp³-hybridized carbons (Fsp3) is 0.133. The van der Waals surface area contributed by atoms with E-state index in [2.05, 4.69) is 20.0 Å². The highest BCUT2D eigenvalue weighted by atomic mass is 16.5. The second-order valence-electron chi connectivity index (χ2n) is 4.13. The highest BCUT2D eigenvalue weighted by Crippen LogP contribution is 2.22. The van der Waals surface area contributed by atoms with Crippen molar-refractivity contribution in [2.75, 3.05) is 14.2 Å². The highest BCUT2D eigenvalue weighted by molar-refractivity contribution is 5.89. The van der Waals surface area contributed by atoms with Crippen LogP contribution in [0.5, 0.6) is 0 Å². The number of hydrazone groups is 1. The fourth-order valence-corrected chi connectivity index (χ4v) is 1.66. The van der Waals surface area contributed by atoms with E-state index in [0.29, 0.717) is 17.1 Å². The molecule has 1 N–H and O–H groups in total. The number of benzene rings is 1. The van der Waals surface area contributed by atoms with Crippen LogP contribution in [0, 0.1) is 0 Å². The van der Waals surface area contributed by atoms with Crippen LogP contribution in [-0.4, -0.2) is 32.5 Å². The van der Waals surface area contributed by atoms with E-state index in [1.807, 2.05) is 0 Å². The molecule has 1 amide bonds. The van der Waals surface area contributed by atoms with Gasteiger partial charge in [0.05, 0.1) is 26.0 Å². The molecule has 0 aliphatic heterocycles. The molecule has 2 aromatic rings. The zero-order valence-corrected chi connectivity index (χ0v) is 12.0. The Balaban J connectivity index is 2.08. The number of methoxy groups -OCH3 is 2. The van der Waals surface area contributed by atoms with Crippen LogP contribution < -0.4 is 5.43 Å². The monoisotopic (exact) mass is 302 g/mol. The van der Waals surface area contributed by atoms with Crippen molar-refractivity contribution >= 4 is 18.3 Å². The number of nitrogens with one attached hydrogen (secondary N) is 1. The third-order valence-electron chi connectivity index (χ3n) is 2.75. The maximum Gasteiger partial charge on any atom is 0.427 e. The molecule has 114 valence electrons. The highest BCUT2D eigenvalue weighted by Gasteiger charge is 2.07. The van der Waals surface area contributed by atoms with Crippen LogP contribution in [0.4, 0.5) is 4.79 Å². The first-order chi connectivity index (χ1) is 10.6. The SMILES string of the molecule is COC(=O)N/N=C/c1ccc(-c2ccc(C(=O)OC)cc2)o1. The average Bonchev–Trinajstić information content (AvgIpc) is 3.03. The van der Waals surface area contributed by atoms with Crippen LogP contribution >= 0.6 is 0 Å². The Kier molecular flexibility index (Phi) is 4.92. The van der Waals surface area contributed by atoms with Gasteiger partial charge in [-0.05, 0) is 24.3 Å². The lowest BCUT2D eigenvalue weighted by molar-refractivity contribution is 0.0600. The second-order valence-corrected chi connectivity index (χ2v) is 4.13. The van der Waals surface area contributed by atoms with E-state index in [0.717, 1.165) is 5.56 Å². The van der Waals surface area contributed by atoms with Gasteiger partial charge < -0.3 is 13.9 Å². The summed E-state index contributed by atoms with van der Waals surface area (Å²) in [5, 5.41) is 3.66. The summed E-state index contributed by atoms with van der Waals surface area (Å²) in [7, 11) is 2.57.